The summed E-state index contributed by atoms with van der Waals surface area (Å²) >= 11 is 0. The number of rotatable bonds is 7. The molecule has 0 aromatic heterocycles. The molecular weight excluding hydrogens is 364 g/mol. The second-order valence-corrected chi connectivity index (χ2v) is 7.29. The van der Waals surface area contributed by atoms with Gasteiger partial charge in [-0.05, 0) is 41.3 Å². The van der Waals surface area contributed by atoms with Crippen LogP contribution < -0.4 is 15.4 Å². The van der Waals surface area contributed by atoms with Gasteiger partial charge in [-0.15, -0.1) is 0 Å². The fourth-order valence-corrected chi connectivity index (χ4v) is 3.51. The standard InChI is InChI=1S/C23H32N4O2/c1-18-12-19(14-22(13-18)28-3)15-25-23(24-2)26-16-20-6-4-5-7-21(20)17-27-8-10-29-11-9-27/h4-7,12-14H,8-11,15-17H2,1-3H3,(H2,24,25,26). The molecule has 0 aliphatic carbocycles. The molecule has 1 heterocycles. The number of morpholine rings is 1. The van der Waals surface area contributed by atoms with Crippen LogP contribution >= 0.6 is 0 Å². The Bertz CT molecular complexity index is 816. The largest absolute Gasteiger partial charge is 0.497 e. The number of benzene rings is 2. The first-order valence-corrected chi connectivity index (χ1v) is 10.1. The van der Waals surface area contributed by atoms with Gasteiger partial charge in [0.25, 0.3) is 0 Å². The SMILES string of the molecule is CN=C(NCc1cc(C)cc(OC)c1)NCc1ccccc1CN1CCOCC1. The molecule has 2 N–H and O–H groups in total. The van der Waals surface area contributed by atoms with Crippen molar-refractivity contribution in [2.24, 2.45) is 4.99 Å². The summed E-state index contributed by atoms with van der Waals surface area (Å²) in [6.07, 6.45) is 0. The zero-order valence-corrected chi connectivity index (χ0v) is 17.7. The summed E-state index contributed by atoms with van der Waals surface area (Å²) in [5.41, 5.74) is 4.98. The summed E-state index contributed by atoms with van der Waals surface area (Å²) in [5, 5.41) is 6.83. The second kappa shape index (κ2) is 10.8. The number of guanidine groups is 1. The summed E-state index contributed by atoms with van der Waals surface area (Å²) < 4.78 is 10.8. The molecule has 6 nitrogen and oxygen atoms in total. The molecule has 0 amide bonds. The summed E-state index contributed by atoms with van der Waals surface area (Å²) in [5.74, 6) is 1.66. The first kappa shape index (κ1) is 21.1. The highest BCUT2D eigenvalue weighted by Gasteiger charge is 2.12. The lowest BCUT2D eigenvalue weighted by Crippen LogP contribution is -2.37. The van der Waals surface area contributed by atoms with E-state index in [0.29, 0.717) is 6.54 Å². The Morgan fingerprint density at radius 1 is 1.07 bits per heavy atom. The predicted octanol–water partition coefficient (Wildman–Crippen LogP) is 2.70. The molecule has 6 heteroatoms. The zero-order chi connectivity index (χ0) is 20.5. The first-order valence-electron chi connectivity index (χ1n) is 10.1. The number of nitrogens with one attached hydrogen (secondary N) is 2. The molecule has 0 atom stereocenters. The number of aryl methyl sites for hydroxylation is 1. The van der Waals surface area contributed by atoms with Crippen LogP contribution in [0.25, 0.3) is 0 Å². The van der Waals surface area contributed by atoms with Crippen molar-refractivity contribution in [2.45, 2.75) is 26.6 Å². The van der Waals surface area contributed by atoms with Crippen molar-refractivity contribution in [1.29, 1.82) is 0 Å². The third-order valence-corrected chi connectivity index (χ3v) is 5.09. The number of hydrogen-bond donors (Lipinski definition) is 2. The molecule has 1 saturated heterocycles. The molecule has 29 heavy (non-hydrogen) atoms. The third kappa shape index (κ3) is 6.48. The normalized spacial score (nSPS) is 15.2. The van der Waals surface area contributed by atoms with E-state index in [1.807, 2.05) is 12.1 Å². The van der Waals surface area contributed by atoms with E-state index in [9.17, 15) is 0 Å². The lowest BCUT2D eigenvalue weighted by Gasteiger charge is -2.27. The van der Waals surface area contributed by atoms with Crippen molar-refractivity contribution in [3.05, 3.63) is 64.7 Å². The van der Waals surface area contributed by atoms with Crippen molar-refractivity contribution in [3.8, 4) is 5.75 Å². The monoisotopic (exact) mass is 396 g/mol. The molecule has 1 aliphatic rings. The Balaban J connectivity index is 1.56. The average molecular weight is 397 g/mol. The van der Waals surface area contributed by atoms with Crippen LogP contribution in [-0.4, -0.2) is 51.3 Å². The van der Waals surface area contributed by atoms with Crippen LogP contribution in [0.1, 0.15) is 22.3 Å². The maximum atomic E-state index is 5.46. The molecule has 3 rings (SSSR count). The van der Waals surface area contributed by atoms with Crippen LogP contribution in [0.15, 0.2) is 47.5 Å². The lowest BCUT2D eigenvalue weighted by molar-refractivity contribution is 0.0341. The third-order valence-electron chi connectivity index (χ3n) is 5.09. The van der Waals surface area contributed by atoms with Gasteiger partial charge < -0.3 is 20.1 Å². The Kier molecular flexibility index (Phi) is 7.90. The van der Waals surface area contributed by atoms with E-state index >= 15 is 0 Å². The molecule has 0 bridgehead atoms. The van der Waals surface area contributed by atoms with Gasteiger partial charge in [0.15, 0.2) is 5.96 Å². The number of ether oxygens (including phenoxy) is 2. The zero-order valence-electron chi connectivity index (χ0n) is 17.7. The number of hydrogen-bond acceptors (Lipinski definition) is 4. The van der Waals surface area contributed by atoms with E-state index < -0.39 is 0 Å². The van der Waals surface area contributed by atoms with Crippen molar-refractivity contribution in [3.63, 3.8) is 0 Å². The molecule has 1 aliphatic heterocycles. The number of aliphatic imine (C=N–C) groups is 1. The highest BCUT2D eigenvalue weighted by molar-refractivity contribution is 5.79. The molecule has 1 fully saturated rings. The van der Waals surface area contributed by atoms with E-state index in [0.717, 1.165) is 56.7 Å². The van der Waals surface area contributed by atoms with E-state index in [-0.39, 0.29) is 0 Å². The maximum Gasteiger partial charge on any atom is 0.191 e. The Labute approximate surface area is 173 Å². The highest BCUT2D eigenvalue weighted by atomic mass is 16.5. The highest BCUT2D eigenvalue weighted by Crippen LogP contribution is 2.16. The van der Waals surface area contributed by atoms with Gasteiger partial charge in [0.05, 0.1) is 20.3 Å². The maximum absolute atomic E-state index is 5.46. The molecule has 0 radical (unpaired) electrons. The summed E-state index contributed by atoms with van der Waals surface area (Å²) in [4.78, 5) is 6.81. The molecule has 0 saturated carbocycles. The molecule has 156 valence electrons. The Morgan fingerprint density at radius 3 is 2.52 bits per heavy atom. The average Bonchev–Trinajstić information content (AvgIpc) is 2.75. The van der Waals surface area contributed by atoms with Gasteiger partial charge in [-0.25, -0.2) is 0 Å². The van der Waals surface area contributed by atoms with Gasteiger partial charge in [-0.1, -0.05) is 30.3 Å². The second-order valence-electron chi connectivity index (χ2n) is 7.29. The molecule has 0 spiro atoms. The molecule has 2 aromatic rings. The van der Waals surface area contributed by atoms with Crippen LogP contribution in [0.4, 0.5) is 0 Å². The predicted molar refractivity (Wildman–Crippen MR) is 117 cm³/mol. The minimum atomic E-state index is 0.688. The number of methoxy groups -OCH3 is 1. The van der Waals surface area contributed by atoms with E-state index in [2.05, 4.69) is 57.8 Å². The summed E-state index contributed by atoms with van der Waals surface area (Å²) in [6, 6.07) is 14.8. The summed E-state index contributed by atoms with van der Waals surface area (Å²) in [6.45, 7) is 8.07. The first-order chi connectivity index (χ1) is 14.2. The Hall–Kier alpha value is -2.57. The summed E-state index contributed by atoms with van der Waals surface area (Å²) in [7, 11) is 3.49. The van der Waals surface area contributed by atoms with Crippen molar-refractivity contribution in [1.82, 2.24) is 15.5 Å². The van der Waals surface area contributed by atoms with Crippen molar-refractivity contribution >= 4 is 5.96 Å². The smallest absolute Gasteiger partial charge is 0.191 e. The van der Waals surface area contributed by atoms with Crippen LogP contribution in [0.2, 0.25) is 0 Å². The van der Waals surface area contributed by atoms with Crippen molar-refractivity contribution < 1.29 is 9.47 Å². The van der Waals surface area contributed by atoms with Crippen molar-refractivity contribution in [2.75, 3.05) is 40.5 Å². The molecular formula is C23H32N4O2. The Morgan fingerprint density at radius 2 is 1.79 bits per heavy atom. The quantitative estimate of drug-likeness (QED) is 0.557. The van der Waals surface area contributed by atoms with E-state index in [1.54, 1.807) is 14.2 Å². The van der Waals surface area contributed by atoms with Gasteiger partial charge >= 0.3 is 0 Å². The topological polar surface area (TPSA) is 58.1 Å². The molecule has 0 unspecified atom stereocenters. The lowest BCUT2D eigenvalue weighted by atomic mass is 10.1. The van der Waals surface area contributed by atoms with Crippen LogP contribution in [0.5, 0.6) is 5.75 Å². The van der Waals surface area contributed by atoms with Gasteiger partial charge in [0, 0.05) is 39.8 Å². The van der Waals surface area contributed by atoms with Crippen LogP contribution in [0.3, 0.4) is 0 Å². The van der Waals surface area contributed by atoms with Gasteiger partial charge in [-0.3, -0.25) is 9.89 Å². The minimum Gasteiger partial charge on any atom is -0.497 e. The fraction of sp³-hybridized carbons (Fsp3) is 0.435. The van der Waals surface area contributed by atoms with E-state index in [1.165, 1.54) is 16.7 Å². The number of nitrogens with zero attached hydrogens (tertiary/aromatic N) is 2. The fourth-order valence-electron chi connectivity index (χ4n) is 3.51. The van der Waals surface area contributed by atoms with Crippen LogP contribution in [0, 0.1) is 6.92 Å². The minimum absolute atomic E-state index is 0.688. The van der Waals surface area contributed by atoms with E-state index in [4.69, 9.17) is 9.47 Å². The van der Waals surface area contributed by atoms with Gasteiger partial charge in [0.2, 0.25) is 0 Å². The van der Waals surface area contributed by atoms with Gasteiger partial charge in [0.1, 0.15) is 5.75 Å². The van der Waals surface area contributed by atoms with Gasteiger partial charge in [-0.2, -0.15) is 0 Å². The van der Waals surface area contributed by atoms with Crippen LogP contribution in [-0.2, 0) is 24.4 Å². The molecule has 2 aromatic carbocycles.